The summed E-state index contributed by atoms with van der Waals surface area (Å²) in [5.41, 5.74) is 0. The van der Waals surface area contributed by atoms with E-state index in [1.807, 2.05) is 20.8 Å². The normalized spacial score (nSPS) is 11.0. The molecule has 4 heteroatoms. The van der Waals surface area contributed by atoms with Crippen LogP contribution in [0.25, 0.3) is 0 Å². The molecule has 0 aromatic heterocycles. The van der Waals surface area contributed by atoms with Crippen LogP contribution < -0.4 is 0 Å². The highest BCUT2D eigenvalue weighted by atomic mass is 16.5. The smallest absolute Gasteiger partial charge is 0.313 e. The van der Waals surface area contributed by atoms with Crippen LogP contribution in [-0.2, 0) is 14.3 Å². The lowest BCUT2D eigenvalue weighted by atomic mass is 9.94. The monoisotopic (exact) mass is 216 g/mol. The van der Waals surface area contributed by atoms with Gasteiger partial charge < -0.3 is 9.84 Å². The molecule has 1 unspecified atom stereocenters. The highest BCUT2D eigenvalue weighted by Crippen LogP contribution is 2.16. The van der Waals surface area contributed by atoms with E-state index < -0.39 is 5.97 Å². The Morgan fingerprint density at radius 1 is 1.47 bits per heavy atom. The van der Waals surface area contributed by atoms with Crippen LogP contribution >= 0.6 is 0 Å². The number of hydrogen-bond acceptors (Lipinski definition) is 3. The number of carboxylic acid groups (broad SMARTS) is 1. The van der Waals surface area contributed by atoms with Gasteiger partial charge in [0, 0.05) is 6.92 Å². The second-order valence-corrected chi connectivity index (χ2v) is 3.38. The Balaban J connectivity index is 0. The van der Waals surface area contributed by atoms with Crippen LogP contribution in [0.5, 0.6) is 0 Å². The third-order valence-corrected chi connectivity index (χ3v) is 1.75. The Hall–Kier alpha value is -1.32. The molecule has 15 heavy (non-hydrogen) atoms. The molecule has 0 heterocycles. The third kappa shape index (κ3) is 10.6. The highest BCUT2D eigenvalue weighted by Gasteiger charge is 2.20. The summed E-state index contributed by atoms with van der Waals surface area (Å²) in [6.45, 7) is 10.4. The van der Waals surface area contributed by atoms with E-state index in [1.54, 1.807) is 0 Å². The van der Waals surface area contributed by atoms with Crippen molar-refractivity contribution in [3.05, 3.63) is 12.8 Å². The van der Waals surface area contributed by atoms with E-state index in [0.717, 1.165) is 13.3 Å². The number of rotatable bonds is 4. The van der Waals surface area contributed by atoms with Gasteiger partial charge in [0.15, 0.2) is 0 Å². The van der Waals surface area contributed by atoms with E-state index in [-0.39, 0.29) is 11.9 Å². The zero-order chi connectivity index (χ0) is 12.4. The first-order chi connectivity index (χ1) is 6.86. The van der Waals surface area contributed by atoms with Gasteiger partial charge in [0.25, 0.3) is 5.97 Å². The SMILES string of the molecule is C=COC(=O)C(CC)C(C)C.CC(=O)O. The first-order valence-corrected chi connectivity index (χ1v) is 4.87. The van der Waals surface area contributed by atoms with Crippen molar-refractivity contribution in [3.8, 4) is 0 Å². The maximum atomic E-state index is 11.1. The summed E-state index contributed by atoms with van der Waals surface area (Å²) < 4.78 is 4.68. The molecule has 0 aliphatic carbocycles. The highest BCUT2D eigenvalue weighted by molar-refractivity contribution is 5.73. The molecule has 0 saturated heterocycles. The van der Waals surface area contributed by atoms with E-state index in [1.165, 1.54) is 6.26 Å². The van der Waals surface area contributed by atoms with Gasteiger partial charge in [0.1, 0.15) is 0 Å². The topological polar surface area (TPSA) is 63.6 Å². The van der Waals surface area contributed by atoms with Crippen molar-refractivity contribution < 1.29 is 19.4 Å². The van der Waals surface area contributed by atoms with Crippen LogP contribution in [0.4, 0.5) is 0 Å². The Bertz CT molecular complexity index is 205. The molecule has 0 aliphatic heterocycles. The van der Waals surface area contributed by atoms with E-state index in [2.05, 4.69) is 11.3 Å². The minimum Gasteiger partial charge on any atom is -0.481 e. The van der Waals surface area contributed by atoms with Crippen molar-refractivity contribution in [2.45, 2.75) is 34.1 Å². The Kier molecular flexibility index (Phi) is 9.94. The number of carbonyl (C=O) groups excluding carboxylic acids is 1. The van der Waals surface area contributed by atoms with Crippen molar-refractivity contribution in [3.63, 3.8) is 0 Å². The minimum atomic E-state index is -0.833. The van der Waals surface area contributed by atoms with Crippen molar-refractivity contribution in [1.82, 2.24) is 0 Å². The second kappa shape index (κ2) is 9.24. The quantitative estimate of drug-likeness (QED) is 0.579. The van der Waals surface area contributed by atoms with E-state index in [4.69, 9.17) is 9.90 Å². The molecule has 0 aliphatic rings. The van der Waals surface area contributed by atoms with Gasteiger partial charge in [-0.3, -0.25) is 9.59 Å². The molecule has 0 saturated carbocycles. The summed E-state index contributed by atoms with van der Waals surface area (Å²) in [5, 5.41) is 7.42. The lowest BCUT2D eigenvalue weighted by molar-refractivity contribution is -0.144. The fourth-order valence-electron chi connectivity index (χ4n) is 1.08. The molecular formula is C11H20O4. The predicted molar refractivity (Wildman–Crippen MR) is 58.2 cm³/mol. The summed E-state index contributed by atoms with van der Waals surface area (Å²) in [5.74, 6) is -0.655. The van der Waals surface area contributed by atoms with Gasteiger partial charge in [0.05, 0.1) is 12.2 Å². The van der Waals surface area contributed by atoms with Gasteiger partial charge in [-0.05, 0) is 12.3 Å². The Morgan fingerprint density at radius 2 is 1.87 bits per heavy atom. The fourth-order valence-corrected chi connectivity index (χ4v) is 1.08. The third-order valence-electron chi connectivity index (χ3n) is 1.75. The second-order valence-electron chi connectivity index (χ2n) is 3.38. The molecule has 0 fully saturated rings. The van der Waals surface area contributed by atoms with Crippen LogP contribution in [-0.4, -0.2) is 17.0 Å². The molecule has 0 aromatic rings. The minimum absolute atomic E-state index is 0.00741. The Morgan fingerprint density at radius 3 is 2.07 bits per heavy atom. The molecular weight excluding hydrogens is 196 g/mol. The molecule has 0 bridgehead atoms. The average Bonchev–Trinajstić information content (AvgIpc) is 2.03. The van der Waals surface area contributed by atoms with Gasteiger partial charge in [0.2, 0.25) is 0 Å². The number of hydrogen-bond donors (Lipinski definition) is 1. The van der Waals surface area contributed by atoms with Gasteiger partial charge in [-0.25, -0.2) is 0 Å². The van der Waals surface area contributed by atoms with Gasteiger partial charge >= 0.3 is 5.97 Å². The van der Waals surface area contributed by atoms with E-state index in [9.17, 15) is 4.79 Å². The molecule has 88 valence electrons. The van der Waals surface area contributed by atoms with Crippen LogP contribution in [0.15, 0.2) is 12.8 Å². The van der Waals surface area contributed by atoms with Crippen LogP contribution in [0.2, 0.25) is 0 Å². The molecule has 1 atom stereocenters. The molecule has 4 nitrogen and oxygen atoms in total. The number of carbonyl (C=O) groups is 2. The maximum absolute atomic E-state index is 11.1. The summed E-state index contributed by atoms with van der Waals surface area (Å²) in [4.78, 5) is 20.1. The molecule has 1 N–H and O–H groups in total. The number of esters is 1. The lowest BCUT2D eigenvalue weighted by Gasteiger charge is -2.15. The molecule has 0 radical (unpaired) electrons. The summed E-state index contributed by atoms with van der Waals surface area (Å²) in [7, 11) is 0. The summed E-state index contributed by atoms with van der Waals surface area (Å²) >= 11 is 0. The van der Waals surface area contributed by atoms with E-state index in [0.29, 0.717) is 5.92 Å². The fraction of sp³-hybridized carbons (Fsp3) is 0.636. The average molecular weight is 216 g/mol. The zero-order valence-electron chi connectivity index (χ0n) is 9.82. The molecule has 0 amide bonds. The van der Waals surface area contributed by atoms with Gasteiger partial charge in [-0.15, -0.1) is 0 Å². The van der Waals surface area contributed by atoms with Crippen molar-refractivity contribution in [1.29, 1.82) is 0 Å². The summed E-state index contributed by atoms with van der Waals surface area (Å²) in [6, 6.07) is 0. The largest absolute Gasteiger partial charge is 0.481 e. The lowest BCUT2D eigenvalue weighted by Crippen LogP contribution is -2.20. The zero-order valence-corrected chi connectivity index (χ0v) is 9.82. The predicted octanol–water partition coefficient (Wildman–Crippen LogP) is 2.45. The van der Waals surface area contributed by atoms with Crippen LogP contribution in [0, 0.1) is 11.8 Å². The van der Waals surface area contributed by atoms with Gasteiger partial charge in [-0.1, -0.05) is 27.4 Å². The van der Waals surface area contributed by atoms with Gasteiger partial charge in [-0.2, -0.15) is 0 Å². The number of ether oxygens (including phenoxy) is 1. The summed E-state index contributed by atoms with van der Waals surface area (Å²) in [6.07, 6.45) is 2.01. The standard InChI is InChI=1S/C9H16O2.C2H4O2/c1-5-8(7(3)4)9(10)11-6-2;1-2(3)4/h6-8H,2,5H2,1,3-4H3;1H3,(H,3,4). The Labute approximate surface area is 90.9 Å². The molecule has 0 rings (SSSR count). The van der Waals surface area contributed by atoms with Crippen molar-refractivity contribution >= 4 is 11.9 Å². The van der Waals surface area contributed by atoms with E-state index >= 15 is 0 Å². The first-order valence-electron chi connectivity index (χ1n) is 4.87. The first kappa shape index (κ1) is 16.1. The van der Waals surface area contributed by atoms with Crippen LogP contribution in [0.3, 0.4) is 0 Å². The molecule has 0 spiro atoms. The molecule has 0 aromatic carbocycles. The number of aliphatic carboxylic acids is 1. The maximum Gasteiger partial charge on any atom is 0.313 e. The van der Waals surface area contributed by atoms with Crippen molar-refractivity contribution in [2.24, 2.45) is 11.8 Å². The number of carboxylic acids is 1. The van der Waals surface area contributed by atoms with Crippen LogP contribution in [0.1, 0.15) is 34.1 Å². The van der Waals surface area contributed by atoms with Crippen molar-refractivity contribution in [2.75, 3.05) is 0 Å².